The molecule has 1 aliphatic carbocycles. The van der Waals surface area contributed by atoms with Gasteiger partial charge in [0.25, 0.3) is 5.91 Å². The second-order valence-electron chi connectivity index (χ2n) is 8.09. The van der Waals surface area contributed by atoms with E-state index in [1.807, 2.05) is 6.92 Å². The highest BCUT2D eigenvalue weighted by Gasteiger charge is 2.28. The fourth-order valence-electron chi connectivity index (χ4n) is 4.16. The third-order valence-electron chi connectivity index (χ3n) is 6.01. The van der Waals surface area contributed by atoms with Crippen LogP contribution in [-0.2, 0) is 27.6 Å². The van der Waals surface area contributed by atoms with Crippen molar-refractivity contribution in [2.75, 3.05) is 26.3 Å². The van der Waals surface area contributed by atoms with E-state index >= 15 is 0 Å². The van der Waals surface area contributed by atoms with E-state index in [2.05, 4.69) is 23.5 Å². The Labute approximate surface area is 188 Å². The van der Waals surface area contributed by atoms with Crippen LogP contribution in [0.2, 0.25) is 5.02 Å². The highest BCUT2D eigenvalue weighted by Crippen LogP contribution is 2.27. The first-order valence-corrected chi connectivity index (χ1v) is 12.5. The number of fused-ring (bicyclic) bond motifs is 1. The molecule has 1 heterocycles. The quantitative estimate of drug-likeness (QED) is 0.734. The number of nitrogens with one attached hydrogen (secondary N) is 1. The second kappa shape index (κ2) is 9.28. The van der Waals surface area contributed by atoms with Crippen LogP contribution in [0.5, 0.6) is 0 Å². The van der Waals surface area contributed by atoms with Crippen molar-refractivity contribution in [2.24, 2.45) is 0 Å². The maximum Gasteiger partial charge on any atom is 0.253 e. The molecule has 1 aliphatic heterocycles. The van der Waals surface area contributed by atoms with Gasteiger partial charge in [0, 0.05) is 13.1 Å². The van der Waals surface area contributed by atoms with Crippen molar-refractivity contribution in [1.82, 2.24) is 9.62 Å². The molecule has 1 saturated heterocycles. The van der Waals surface area contributed by atoms with Crippen LogP contribution in [-0.4, -0.2) is 44.9 Å². The number of carbonyl (C=O) groups is 1. The zero-order valence-corrected chi connectivity index (χ0v) is 19.1. The molecule has 1 amide bonds. The Morgan fingerprint density at radius 2 is 1.77 bits per heavy atom. The van der Waals surface area contributed by atoms with E-state index in [0.29, 0.717) is 26.3 Å². The van der Waals surface area contributed by atoms with Gasteiger partial charge in [0.05, 0.1) is 34.7 Å². The Kier molecular flexibility index (Phi) is 6.67. The molecule has 6 nitrogen and oxygen atoms in total. The van der Waals surface area contributed by atoms with E-state index in [1.54, 1.807) is 0 Å². The number of carbonyl (C=O) groups excluding carboxylic acids is 1. The van der Waals surface area contributed by atoms with E-state index < -0.39 is 15.9 Å². The van der Waals surface area contributed by atoms with Crippen molar-refractivity contribution in [1.29, 1.82) is 0 Å². The van der Waals surface area contributed by atoms with Crippen LogP contribution in [0.15, 0.2) is 41.3 Å². The molecule has 0 aromatic heterocycles. The first kappa shape index (κ1) is 22.3. The van der Waals surface area contributed by atoms with Gasteiger partial charge in [-0.25, -0.2) is 8.42 Å². The van der Waals surface area contributed by atoms with E-state index in [9.17, 15) is 13.2 Å². The van der Waals surface area contributed by atoms with Crippen molar-refractivity contribution >= 4 is 27.5 Å². The number of aryl methyl sites for hydroxylation is 2. The Bertz CT molecular complexity index is 1080. The van der Waals surface area contributed by atoms with Gasteiger partial charge < -0.3 is 10.1 Å². The number of ether oxygens (including phenoxy) is 1. The van der Waals surface area contributed by atoms with Crippen LogP contribution >= 0.6 is 11.6 Å². The largest absolute Gasteiger partial charge is 0.379 e. The fraction of sp³-hybridized carbons (Fsp3) is 0.435. The number of morpholine rings is 1. The molecule has 2 aromatic rings. The lowest BCUT2D eigenvalue weighted by Gasteiger charge is -2.26. The maximum absolute atomic E-state index is 13.0. The standard InChI is InChI=1S/C23H27ClN2O4S/c1-16(18-7-6-17-4-2-3-5-19(17)14-18)25-23(27)21-15-20(8-9-22(21)24)31(28,29)26-10-12-30-13-11-26/h6-9,14-16H,2-5,10-13H2,1H3,(H,25,27). The van der Waals surface area contributed by atoms with E-state index in [1.165, 1.54) is 46.5 Å². The van der Waals surface area contributed by atoms with Gasteiger partial charge in [-0.2, -0.15) is 4.31 Å². The summed E-state index contributed by atoms with van der Waals surface area (Å²) in [6.07, 6.45) is 4.59. The number of halogens is 1. The van der Waals surface area contributed by atoms with Crippen molar-refractivity contribution in [3.63, 3.8) is 0 Å². The first-order valence-electron chi connectivity index (χ1n) is 10.7. The molecule has 1 unspecified atom stereocenters. The Hall–Kier alpha value is -1.93. The molecule has 1 atom stereocenters. The summed E-state index contributed by atoms with van der Waals surface area (Å²) in [5.41, 5.74) is 3.92. The number of hydrogen-bond acceptors (Lipinski definition) is 4. The average molecular weight is 463 g/mol. The van der Waals surface area contributed by atoms with Crippen LogP contribution in [0.3, 0.4) is 0 Å². The minimum atomic E-state index is -3.71. The molecular weight excluding hydrogens is 436 g/mol. The minimum Gasteiger partial charge on any atom is -0.379 e. The molecule has 0 spiro atoms. The molecule has 0 bridgehead atoms. The van der Waals surface area contributed by atoms with Gasteiger partial charge in [0.2, 0.25) is 10.0 Å². The smallest absolute Gasteiger partial charge is 0.253 e. The van der Waals surface area contributed by atoms with Crippen LogP contribution in [0.25, 0.3) is 0 Å². The lowest BCUT2D eigenvalue weighted by Crippen LogP contribution is -2.40. The topological polar surface area (TPSA) is 75.7 Å². The van der Waals surface area contributed by atoms with Crippen LogP contribution in [0.4, 0.5) is 0 Å². The van der Waals surface area contributed by atoms with Gasteiger partial charge in [-0.15, -0.1) is 0 Å². The summed E-state index contributed by atoms with van der Waals surface area (Å²) < 4.78 is 32.5. The lowest BCUT2D eigenvalue weighted by atomic mass is 9.89. The normalized spacial score (nSPS) is 18.3. The third-order valence-corrected chi connectivity index (χ3v) is 8.23. The number of nitrogens with zero attached hydrogens (tertiary/aromatic N) is 1. The van der Waals surface area contributed by atoms with Gasteiger partial charge in [-0.05, 0) is 67.5 Å². The van der Waals surface area contributed by atoms with Crippen molar-refractivity contribution in [3.05, 3.63) is 63.7 Å². The molecular formula is C23H27ClN2O4S. The highest BCUT2D eigenvalue weighted by molar-refractivity contribution is 7.89. The molecule has 0 radical (unpaired) electrons. The van der Waals surface area contributed by atoms with Crippen LogP contribution in [0, 0.1) is 0 Å². The van der Waals surface area contributed by atoms with Gasteiger partial charge >= 0.3 is 0 Å². The Balaban J connectivity index is 1.53. The van der Waals surface area contributed by atoms with Crippen LogP contribution in [0.1, 0.15) is 52.9 Å². The molecule has 0 saturated carbocycles. The molecule has 2 aliphatic rings. The number of amides is 1. The SMILES string of the molecule is CC(NC(=O)c1cc(S(=O)(=O)N2CCOCC2)ccc1Cl)c1ccc2c(c1)CCCC2. The van der Waals surface area contributed by atoms with Gasteiger partial charge in [-0.3, -0.25) is 4.79 Å². The summed E-state index contributed by atoms with van der Waals surface area (Å²) in [5.74, 6) is -0.394. The fourth-order valence-corrected chi connectivity index (χ4v) is 5.79. The maximum atomic E-state index is 13.0. The first-order chi connectivity index (χ1) is 14.9. The number of hydrogen-bond donors (Lipinski definition) is 1. The Morgan fingerprint density at radius 3 is 2.52 bits per heavy atom. The lowest BCUT2D eigenvalue weighted by molar-refractivity contribution is 0.0730. The molecule has 8 heteroatoms. The summed E-state index contributed by atoms with van der Waals surface area (Å²) in [5, 5.41) is 3.19. The molecule has 31 heavy (non-hydrogen) atoms. The summed E-state index contributed by atoms with van der Waals surface area (Å²) in [7, 11) is -3.71. The summed E-state index contributed by atoms with van der Waals surface area (Å²) >= 11 is 6.26. The molecule has 1 fully saturated rings. The predicted octanol–water partition coefficient (Wildman–Crippen LogP) is 3.73. The highest BCUT2D eigenvalue weighted by atomic mass is 35.5. The van der Waals surface area contributed by atoms with E-state index in [-0.39, 0.29) is 21.5 Å². The molecule has 2 aromatic carbocycles. The van der Waals surface area contributed by atoms with Crippen molar-refractivity contribution < 1.29 is 17.9 Å². The number of benzene rings is 2. The van der Waals surface area contributed by atoms with Gasteiger partial charge in [-0.1, -0.05) is 29.8 Å². The summed E-state index contributed by atoms with van der Waals surface area (Å²) in [6, 6.07) is 10.4. The number of rotatable bonds is 5. The van der Waals surface area contributed by atoms with Crippen molar-refractivity contribution in [2.45, 2.75) is 43.5 Å². The molecule has 4 rings (SSSR count). The zero-order valence-electron chi connectivity index (χ0n) is 17.6. The monoisotopic (exact) mass is 462 g/mol. The van der Waals surface area contributed by atoms with E-state index in [4.69, 9.17) is 16.3 Å². The Morgan fingerprint density at radius 1 is 1.06 bits per heavy atom. The van der Waals surface area contributed by atoms with E-state index in [0.717, 1.165) is 18.4 Å². The average Bonchev–Trinajstić information content (AvgIpc) is 2.79. The number of sulfonamides is 1. The summed E-state index contributed by atoms with van der Waals surface area (Å²) in [6.45, 7) is 3.23. The van der Waals surface area contributed by atoms with Gasteiger partial charge in [0.1, 0.15) is 0 Å². The van der Waals surface area contributed by atoms with Crippen LogP contribution < -0.4 is 5.32 Å². The minimum absolute atomic E-state index is 0.0605. The zero-order chi connectivity index (χ0) is 22.0. The summed E-state index contributed by atoms with van der Waals surface area (Å²) in [4.78, 5) is 13.0. The molecule has 166 valence electrons. The third kappa shape index (κ3) is 4.80. The predicted molar refractivity (Wildman–Crippen MR) is 120 cm³/mol. The second-order valence-corrected chi connectivity index (χ2v) is 10.4. The molecule has 1 N–H and O–H groups in total. The van der Waals surface area contributed by atoms with Gasteiger partial charge in [0.15, 0.2) is 0 Å². The van der Waals surface area contributed by atoms with Crippen molar-refractivity contribution in [3.8, 4) is 0 Å².